The average Bonchev–Trinajstić information content (AvgIpc) is 3.23. The van der Waals surface area contributed by atoms with E-state index in [2.05, 4.69) is 10.4 Å². The lowest BCUT2D eigenvalue weighted by Gasteiger charge is -2.31. The second-order valence-corrected chi connectivity index (χ2v) is 10.0. The number of hydrogen-bond acceptors (Lipinski definition) is 5. The Morgan fingerprint density at radius 3 is 2.66 bits per heavy atom. The number of fused-ring (bicyclic) bond motifs is 1. The number of amides is 2. The number of aromatic nitrogens is 2. The van der Waals surface area contributed by atoms with Gasteiger partial charge in [-0.15, -0.1) is 0 Å². The van der Waals surface area contributed by atoms with Crippen molar-refractivity contribution in [2.24, 2.45) is 0 Å². The van der Waals surface area contributed by atoms with Crippen LogP contribution in [0, 0.1) is 0 Å². The van der Waals surface area contributed by atoms with E-state index in [1.807, 2.05) is 32.9 Å². The Kier molecular flexibility index (Phi) is 7.23. The molecule has 0 unspecified atom stereocenters. The van der Waals surface area contributed by atoms with Gasteiger partial charge in [-0.1, -0.05) is 29.3 Å². The topological polar surface area (TPSA) is 85.7 Å². The summed E-state index contributed by atoms with van der Waals surface area (Å²) in [7, 11) is 0. The maximum Gasteiger partial charge on any atom is 0.410 e. The van der Waals surface area contributed by atoms with Gasteiger partial charge in [0.05, 0.1) is 23.1 Å². The Morgan fingerprint density at radius 2 is 1.91 bits per heavy atom. The van der Waals surface area contributed by atoms with E-state index in [0.717, 1.165) is 11.1 Å². The van der Waals surface area contributed by atoms with Crippen LogP contribution >= 0.6 is 23.2 Å². The van der Waals surface area contributed by atoms with Gasteiger partial charge in [-0.3, -0.25) is 4.79 Å². The van der Waals surface area contributed by atoms with Crippen LogP contribution in [0.4, 0.5) is 10.5 Å². The van der Waals surface area contributed by atoms with Crippen LogP contribution in [0.3, 0.4) is 0 Å². The van der Waals surface area contributed by atoms with Crippen LogP contribution in [0.2, 0.25) is 10.0 Å². The zero-order chi connectivity index (χ0) is 25.2. The fraction of sp³-hybridized carbons (Fsp3) is 0.320. The predicted molar refractivity (Wildman–Crippen MR) is 134 cm³/mol. The average molecular weight is 517 g/mol. The molecule has 0 atom stereocenters. The van der Waals surface area contributed by atoms with Gasteiger partial charge in [0.1, 0.15) is 11.4 Å². The number of hydrogen-bond donors (Lipinski definition) is 1. The highest BCUT2D eigenvalue weighted by molar-refractivity contribution is 6.35. The SMILES string of the molecule is CC(C)(C)OC(=O)N1CCc2cc(C(=O)Nc3cnn(COc4ccc(Cl)cc4Cl)c3)ccc2C1. The molecule has 0 radical (unpaired) electrons. The molecule has 0 fully saturated rings. The fourth-order valence-electron chi connectivity index (χ4n) is 3.61. The van der Waals surface area contributed by atoms with Gasteiger partial charge in [0.25, 0.3) is 5.91 Å². The van der Waals surface area contributed by atoms with Crippen molar-refractivity contribution in [3.63, 3.8) is 0 Å². The van der Waals surface area contributed by atoms with Crippen LogP contribution in [0.5, 0.6) is 5.75 Å². The Balaban J connectivity index is 1.35. The molecule has 1 aromatic heterocycles. The largest absolute Gasteiger partial charge is 0.470 e. The van der Waals surface area contributed by atoms with Crippen molar-refractivity contribution in [3.8, 4) is 5.75 Å². The molecule has 8 nitrogen and oxygen atoms in total. The normalized spacial score (nSPS) is 13.2. The number of halogens is 2. The first-order chi connectivity index (χ1) is 16.6. The zero-order valence-corrected chi connectivity index (χ0v) is 21.2. The van der Waals surface area contributed by atoms with Gasteiger partial charge in [0, 0.05) is 23.7 Å². The van der Waals surface area contributed by atoms with E-state index in [0.29, 0.717) is 46.6 Å². The highest BCUT2D eigenvalue weighted by atomic mass is 35.5. The first kappa shape index (κ1) is 24.9. The number of ether oxygens (including phenoxy) is 2. The summed E-state index contributed by atoms with van der Waals surface area (Å²) in [6.45, 7) is 6.65. The second kappa shape index (κ2) is 10.2. The summed E-state index contributed by atoms with van der Waals surface area (Å²) in [4.78, 5) is 26.9. The Labute approximate surface area is 213 Å². The maximum absolute atomic E-state index is 12.8. The van der Waals surface area contributed by atoms with Crippen molar-refractivity contribution in [1.82, 2.24) is 14.7 Å². The highest BCUT2D eigenvalue weighted by Crippen LogP contribution is 2.28. The molecule has 2 amide bonds. The molecule has 4 rings (SSSR count). The molecule has 10 heteroatoms. The summed E-state index contributed by atoms with van der Waals surface area (Å²) < 4.78 is 12.7. The minimum Gasteiger partial charge on any atom is -0.470 e. The van der Waals surface area contributed by atoms with Crippen LogP contribution in [0.15, 0.2) is 48.8 Å². The molecule has 0 saturated heterocycles. The number of carbonyl (C=O) groups excluding carboxylic acids is 2. The molecule has 0 spiro atoms. The van der Waals surface area contributed by atoms with E-state index in [1.165, 1.54) is 0 Å². The standard InChI is InChI=1S/C25H26Cl2N4O4/c1-25(2,3)35-24(33)30-9-8-16-10-17(4-5-18(16)13-30)23(32)29-20-12-28-31(14-20)15-34-22-7-6-19(26)11-21(22)27/h4-7,10-12,14H,8-9,13,15H2,1-3H3,(H,29,32). The zero-order valence-electron chi connectivity index (χ0n) is 19.7. The van der Waals surface area contributed by atoms with Crippen LogP contribution in [-0.2, 0) is 24.4 Å². The quantitative estimate of drug-likeness (QED) is 0.464. The molecule has 1 aliphatic heterocycles. The molecule has 2 heterocycles. The van der Waals surface area contributed by atoms with Crippen molar-refractivity contribution in [3.05, 3.63) is 75.5 Å². The smallest absolute Gasteiger partial charge is 0.410 e. The summed E-state index contributed by atoms with van der Waals surface area (Å²) in [6, 6.07) is 10.5. The summed E-state index contributed by atoms with van der Waals surface area (Å²) in [5, 5.41) is 7.98. The van der Waals surface area contributed by atoms with Gasteiger partial charge < -0.3 is 19.7 Å². The minimum atomic E-state index is -0.540. The monoisotopic (exact) mass is 516 g/mol. The minimum absolute atomic E-state index is 0.115. The summed E-state index contributed by atoms with van der Waals surface area (Å²) in [6.07, 6.45) is 3.53. The van der Waals surface area contributed by atoms with Crippen molar-refractivity contribution in [2.45, 2.75) is 46.1 Å². The lowest BCUT2D eigenvalue weighted by atomic mass is 9.97. The van der Waals surface area contributed by atoms with Crippen molar-refractivity contribution in [1.29, 1.82) is 0 Å². The summed E-state index contributed by atoms with van der Waals surface area (Å²) >= 11 is 12.0. The van der Waals surface area contributed by atoms with Crippen LogP contribution in [0.1, 0.15) is 42.3 Å². The Bertz CT molecular complexity index is 1250. The number of rotatable bonds is 5. The van der Waals surface area contributed by atoms with Crippen LogP contribution < -0.4 is 10.1 Å². The third kappa shape index (κ3) is 6.46. The molecule has 35 heavy (non-hydrogen) atoms. The van der Waals surface area contributed by atoms with Crippen molar-refractivity contribution < 1.29 is 19.1 Å². The highest BCUT2D eigenvalue weighted by Gasteiger charge is 2.26. The predicted octanol–water partition coefficient (Wildman–Crippen LogP) is 5.77. The van der Waals surface area contributed by atoms with Crippen molar-refractivity contribution >= 4 is 40.9 Å². The molecule has 184 valence electrons. The number of anilines is 1. The third-order valence-corrected chi connectivity index (χ3v) is 5.80. The van der Waals surface area contributed by atoms with Crippen LogP contribution in [-0.4, -0.2) is 38.8 Å². The van der Waals surface area contributed by atoms with E-state index in [9.17, 15) is 9.59 Å². The molecule has 0 saturated carbocycles. The van der Waals surface area contributed by atoms with E-state index in [-0.39, 0.29) is 18.7 Å². The van der Waals surface area contributed by atoms with Crippen LogP contribution in [0.25, 0.3) is 0 Å². The lowest BCUT2D eigenvalue weighted by molar-refractivity contribution is 0.0224. The number of nitrogens with one attached hydrogen (secondary N) is 1. The first-order valence-electron chi connectivity index (χ1n) is 11.1. The van der Waals surface area contributed by atoms with Gasteiger partial charge >= 0.3 is 6.09 Å². The molecular weight excluding hydrogens is 491 g/mol. The van der Waals surface area contributed by atoms with Gasteiger partial charge in [0.15, 0.2) is 6.73 Å². The molecule has 1 N–H and O–H groups in total. The number of benzene rings is 2. The van der Waals surface area contributed by atoms with E-state index < -0.39 is 5.60 Å². The third-order valence-electron chi connectivity index (χ3n) is 5.27. The summed E-state index contributed by atoms with van der Waals surface area (Å²) in [5.41, 5.74) is 2.58. The van der Waals surface area contributed by atoms with E-state index in [4.69, 9.17) is 32.7 Å². The maximum atomic E-state index is 12.8. The van der Waals surface area contributed by atoms with Gasteiger partial charge in [-0.25, -0.2) is 9.48 Å². The molecular formula is C25H26Cl2N4O4. The summed E-state index contributed by atoms with van der Waals surface area (Å²) in [5.74, 6) is 0.236. The van der Waals surface area contributed by atoms with E-state index in [1.54, 1.807) is 46.2 Å². The molecule has 0 bridgehead atoms. The van der Waals surface area contributed by atoms with E-state index >= 15 is 0 Å². The number of nitrogens with zero attached hydrogens (tertiary/aromatic N) is 3. The molecule has 3 aromatic rings. The molecule has 0 aliphatic carbocycles. The Morgan fingerprint density at radius 1 is 1.11 bits per heavy atom. The van der Waals surface area contributed by atoms with Gasteiger partial charge in [-0.2, -0.15) is 5.10 Å². The first-order valence-corrected chi connectivity index (χ1v) is 11.8. The number of carbonyl (C=O) groups is 2. The van der Waals surface area contributed by atoms with Gasteiger partial charge in [-0.05, 0) is 68.7 Å². The van der Waals surface area contributed by atoms with Gasteiger partial charge in [0.2, 0.25) is 0 Å². The Hall–Kier alpha value is -3.23. The molecule has 2 aromatic carbocycles. The van der Waals surface area contributed by atoms with Crippen molar-refractivity contribution in [2.75, 3.05) is 11.9 Å². The second-order valence-electron chi connectivity index (χ2n) is 9.21. The molecule has 1 aliphatic rings. The lowest BCUT2D eigenvalue weighted by Crippen LogP contribution is -2.39. The fourth-order valence-corrected chi connectivity index (χ4v) is 4.07.